The monoisotopic (exact) mass is 228 g/mol. The Balaban J connectivity index is 1.87. The molecule has 82 valence electrons. The van der Waals surface area contributed by atoms with E-state index in [0.29, 0.717) is 5.41 Å². The van der Waals surface area contributed by atoms with Crippen LogP contribution in [0.1, 0.15) is 36.1 Å². The molecule has 0 bridgehead atoms. The number of thiophene rings is 1. The molecule has 2 atom stereocenters. The predicted molar refractivity (Wildman–Crippen MR) is 70.2 cm³/mol. The summed E-state index contributed by atoms with van der Waals surface area (Å²) in [6.07, 6.45) is 5.85. The minimum Gasteiger partial charge on any atom is -0.140 e. The molecular formula is C15H16S. The fourth-order valence-electron chi connectivity index (χ4n) is 3.56. The lowest BCUT2D eigenvalue weighted by Crippen LogP contribution is -2.01. The number of fused-ring (bicyclic) bond motifs is 2. The van der Waals surface area contributed by atoms with Crippen LogP contribution in [0.2, 0.25) is 0 Å². The quantitative estimate of drug-likeness (QED) is 0.666. The first-order chi connectivity index (χ1) is 7.78. The van der Waals surface area contributed by atoms with Gasteiger partial charge in [-0.15, -0.1) is 11.3 Å². The van der Waals surface area contributed by atoms with Gasteiger partial charge in [0.05, 0.1) is 0 Å². The standard InChI is InChI=1S/C15H16S/c1-10-4-5-13-11(7-10)8-14(16-13)15-6-2-3-12(15)9-15/h4-5,7-8,12H,2-3,6,9H2,1H3. The van der Waals surface area contributed by atoms with Gasteiger partial charge in [-0.05, 0) is 49.6 Å². The van der Waals surface area contributed by atoms with E-state index < -0.39 is 0 Å². The average molecular weight is 228 g/mol. The molecule has 2 aromatic rings. The SMILES string of the molecule is Cc1ccc2sc(C34CCCC3C4)cc2c1. The van der Waals surface area contributed by atoms with Crippen LogP contribution in [0.3, 0.4) is 0 Å². The van der Waals surface area contributed by atoms with Crippen molar-refractivity contribution >= 4 is 21.4 Å². The number of rotatable bonds is 1. The Kier molecular flexibility index (Phi) is 1.67. The van der Waals surface area contributed by atoms with Crippen molar-refractivity contribution < 1.29 is 0 Å². The first-order valence-electron chi connectivity index (χ1n) is 6.29. The molecule has 0 amide bonds. The van der Waals surface area contributed by atoms with Gasteiger partial charge in [-0.2, -0.15) is 0 Å². The Labute approximate surface area is 100 Å². The summed E-state index contributed by atoms with van der Waals surface area (Å²) in [5, 5.41) is 1.46. The van der Waals surface area contributed by atoms with E-state index in [0.717, 1.165) is 5.92 Å². The van der Waals surface area contributed by atoms with Crippen molar-refractivity contribution in [3.05, 3.63) is 34.7 Å². The van der Waals surface area contributed by atoms with Crippen LogP contribution in [0.5, 0.6) is 0 Å². The molecule has 2 aliphatic carbocycles. The van der Waals surface area contributed by atoms with E-state index in [1.807, 2.05) is 11.3 Å². The van der Waals surface area contributed by atoms with Crippen molar-refractivity contribution in [3.63, 3.8) is 0 Å². The van der Waals surface area contributed by atoms with Crippen LogP contribution in [0.4, 0.5) is 0 Å². The molecule has 2 aliphatic rings. The second-order valence-corrected chi connectivity index (χ2v) is 6.69. The summed E-state index contributed by atoms with van der Waals surface area (Å²) in [6.45, 7) is 2.19. The van der Waals surface area contributed by atoms with Crippen LogP contribution in [0.25, 0.3) is 10.1 Å². The summed E-state index contributed by atoms with van der Waals surface area (Å²) >= 11 is 2.04. The Hall–Kier alpha value is -0.820. The van der Waals surface area contributed by atoms with Crippen LogP contribution in [0, 0.1) is 12.8 Å². The van der Waals surface area contributed by atoms with E-state index in [1.54, 1.807) is 4.88 Å². The number of hydrogen-bond acceptors (Lipinski definition) is 1. The van der Waals surface area contributed by atoms with Crippen LogP contribution in [0.15, 0.2) is 24.3 Å². The van der Waals surface area contributed by atoms with E-state index >= 15 is 0 Å². The van der Waals surface area contributed by atoms with Crippen molar-refractivity contribution in [3.8, 4) is 0 Å². The molecule has 1 aromatic heterocycles. The van der Waals surface area contributed by atoms with Gasteiger partial charge in [0.25, 0.3) is 0 Å². The zero-order chi connectivity index (χ0) is 10.8. The minimum atomic E-state index is 0.636. The Morgan fingerprint density at radius 3 is 3.00 bits per heavy atom. The molecule has 0 radical (unpaired) electrons. The van der Waals surface area contributed by atoms with Gasteiger partial charge in [0.2, 0.25) is 0 Å². The molecule has 1 heteroatoms. The third-order valence-corrected chi connectivity index (χ3v) is 5.91. The van der Waals surface area contributed by atoms with E-state index in [1.165, 1.54) is 41.3 Å². The topological polar surface area (TPSA) is 0 Å². The molecule has 0 nitrogen and oxygen atoms in total. The molecule has 16 heavy (non-hydrogen) atoms. The summed E-state index contributed by atoms with van der Waals surface area (Å²) in [5.74, 6) is 1.03. The summed E-state index contributed by atoms with van der Waals surface area (Å²) in [6, 6.07) is 9.33. The van der Waals surface area contributed by atoms with Crippen LogP contribution >= 0.6 is 11.3 Å². The zero-order valence-corrected chi connectivity index (χ0v) is 10.4. The van der Waals surface area contributed by atoms with Crippen LogP contribution < -0.4 is 0 Å². The fourth-order valence-corrected chi connectivity index (χ4v) is 4.91. The van der Waals surface area contributed by atoms with Crippen molar-refractivity contribution in [1.82, 2.24) is 0 Å². The summed E-state index contributed by atoms with van der Waals surface area (Å²) in [4.78, 5) is 1.68. The number of benzene rings is 1. The highest BCUT2D eigenvalue weighted by Crippen LogP contribution is 2.65. The second-order valence-electron chi connectivity index (χ2n) is 5.60. The molecule has 4 rings (SSSR count). The number of aryl methyl sites for hydroxylation is 1. The van der Waals surface area contributed by atoms with Gasteiger partial charge in [-0.1, -0.05) is 24.1 Å². The molecular weight excluding hydrogens is 212 g/mol. The van der Waals surface area contributed by atoms with Crippen molar-refractivity contribution in [2.75, 3.05) is 0 Å². The van der Waals surface area contributed by atoms with Gasteiger partial charge in [0.15, 0.2) is 0 Å². The molecule has 2 unspecified atom stereocenters. The molecule has 2 fully saturated rings. The lowest BCUT2D eigenvalue weighted by Gasteiger charge is -2.07. The van der Waals surface area contributed by atoms with Crippen molar-refractivity contribution in [1.29, 1.82) is 0 Å². The van der Waals surface area contributed by atoms with Crippen molar-refractivity contribution in [2.24, 2.45) is 5.92 Å². The molecule has 1 aromatic carbocycles. The first-order valence-corrected chi connectivity index (χ1v) is 7.10. The third-order valence-electron chi connectivity index (χ3n) is 4.57. The Morgan fingerprint density at radius 2 is 2.25 bits per heavy atom. The van der Waals surface area contributed by atoms with E-state index in [-0.39, 0.29) is 0 Å². The van der Waals surface area contributed by atoms with Crippen molar-refractivity contribution in [2.45, 2.75) is 38.0 Å². The maximum atomic E-state index is 2.47. The second kappa shape index (κ2) is 2.89. The molecule has 2 saturated carbocycles. The highest BCUT2D eigenvalue weighted by atomic mass is 32.1. The molecule has 1 heterocycles. The third kappa shape index (κ3) is 1.10. The fraction of sp³-hybridized carbons (Fsp3) is 0.467. The maximum Gasteiger partial charge on any atom is 0.0346 e. The lowest BCUT2D eigenvalue weighted by atomic mass is 10.0. The maximum absolute atomic E-state index is 2.47. The summed E-state index contributed by atoms with van der Waals surface area (Å²) in [7, 11) is 0. The molecule has 0 N–H and O–H groups in total. The van der Waals surface area contributed by atoms with Gasteiger partial charge in [-0.25, -0.2) is 0 Å². The summed E-state index contributed by atoms with van der Waals surface area (Å²) < 4.78 is 1.48. The van der Waals surface area contributed by atoms with E-state index in [4.69, 9.17) is 0 Å². The largest absolute Gasteiger partial charge is 0.140 e. The van der Waals surface area contributed by atoms with Gasteiger partial charge in [0, 0.05) is 15.0 Å². The number of hydrogen-bond donors (Lipinski definition) is 0. The highest BCUT2D eigenvalue weighted by Gasteiger charge is 2.58. The Morgan fingerprint density at radius 1 is 1.31 bits per heavy atom. The van der Waals surface area contributed by atoms with E-state index in [9.17, 15) is 0 Å². The van der Waals surface area contributed by atoms with E-state index in [2.05, 4.69) is 31.2 Å². The van der Waals surface area contributed by atoms with Gasteiger partial charge in [-0.3, -0.25) is 0 Å². The predicted octanol–water partition coefficient (Wildman–Crippen LogP) is 4.65. The average Bonchev–Trinajstić information content (AvgIpc) is 2.69. The normalized spacial score (nSPS) is 31.9. The minimum absolute atomic E-state index is 0.636. The molecule has 0 saturated heterocycles. The molecule has 0 aliphatic heterocycles. The van der Waals surface area contributed by atoms with Gasteiger partial charge in [0.1, 0.15) is 0 Å². The zero-order valence-electron chi connectivity index (χ0n) is 9.62. The summed E-state index contributed by atoms with van der Waals surface area (Å²) in [5.41, 5.74) is 2.02. The first kappa shape index (κ1) is 9.23. The van der Waals surface area contributed by atoms with Crippen LogP contribution in [-0.2, 0) is 5.41 Å². The highest BCUT2D eigenvalue weighted by molar-refractivity contribution is 7.19. The van der Waals surface area contributed by atoms with Crippen LogP contribution in [-0.4, -0.2) is 0 Å². The van der Waals surface area contributed by atoms with Gasteiger partial charge >= 0.3 is 0 Å². The smallest absolute Gasteiger partial charge is 0.0346 e. The molecule has 0 spiro atoms. The lowest BCUT2D eigenvalue weighted by molar-refractivity contribution is 0.670. The Bertz CT molecular complexity index is 566. The van der Waals surface area contributed by atoms with Gasteiger partial charge < -0.3 is 0 Å².